The molecule has 112 valence electrons. The molecule has 1 nitrogen and oxygen atoms in total. The van der Waals surface area contributed by atoms with Gasteiger partial charge in [0, 0.05) is 24.2 Å². The van der Waals surface area contributed by atoms with Gasteiger partial charge in [0.2, 0.25) is 0 Å². The Kier molecular flexibility index (Phi) is 4.97. The zero-order chi connectivity index (χ0) is 14.5. The first-order valence-corrected chi connectivity index (χ1v) is 9.12. The van der Waals surface area contributed by atoms with Crippen LogP contribution in [0.5, 0.6) is 0 Å². The van der Waals surface area contributed by atoms with Gasteiger partial charge in [-0.3, -0.25) is 0 Å². The Hall–Kier alpha value is -1.28. The third-order valence-corrected chi connectivity index (χ3v) is 5.53. The van der Waals surface area contributed by atoms with Gasteiger partial charge in [-0.05, 0) is 48.1 Å². The zero-order valence-corrected chi connectivity index (χ0v) is 13.7. The second kappa shape index (κ2) is 7.13. The topological polar surface area (TPSA) is 3.24 Å². The van der Waals surface area contributed by atoms with Crippen molar-refractivity contribution in [2.75, 3.05) is 18.0 Å². The van der Waals surface area contributed by atoms with Crippen molar-refractivity contribution < 1.29 is 0 Å². The van der Waals surface area contributed by atoms with E-state index in [2.05, 4.69) is 59.0 Å². The molecule has 2 heterocycles. The van der Waals surface area contributed by atoms with Crippen LogP contribution in [0.1, 0.15) is 31.7 Å². The molecule has 2 aromatic rings. The predicted molar refractivity (Wildman–Crippen MR) is 93.2 cm³/mol. The fourth-order valence-electron chi connectivity index (χ4n) is 3.63. The fraction of sp³-hybridized carbons (Fsp3) is 0.474. The molecule has 1 fully saturated rings. The van der Waals surface area contributed by atoms with Crippen molar-refractivity contribution in [3.05, 3.63) is 52.7 Å². The summed E-state index contributed by atoms with van der Waals surface area (Å²) in [6, 6.07) is 13.3. The Morgan fingerprint density at radius 2 is 2.10 bits per heavy atom. The smallest absolute Gasteiger partial charge is 0.0474 e. The minimum atomic E-state index is 0.814. The first-order chi connectivity index (χ1) is 10.4. The normalized spacial score (nSPS) is 20.4. The van der Waals surface area contributed by atoms with Gasteiger partial charge in [0.1, 0.15) is 0 Å². The minimum Gasteiger partial charge on any atom is -0.371 e. The molecule has 0 radical (unpaired) electrons. The molecular weight excluding hydrogens is 274 g/mol. The fourth-order valence-corrected chi connectivity index (χ4v) is 4.29. The second-order valence-corrected chi connectivity index (χ2v) is 6.97. The Morgan fingerprint density at radius 3 is 2.81 bits per heavy atom. The minimum absolute atomic E-state index is 0.814. The summed E-state index contributed by atoms with van der Waals surface area (Å²) in [5, 5.41) is 4.49. The van der Waals surface area contributed by atoms with Gasteiger partial charge in [0.25, 0.3) is 0 Å². The molecule has 1 saturated heterocycles. The quantitative estimate of drug-likeness (QED) is 0.730. The van der Waals surface area contributed by atoms with Gasteiger partial charge in [-0.25, -0.2) is 0 Å². The number of nitrogens with zero attached hydrogens (tertiary/aromatic N) is 1. The number of thiophene rings is 1. The lowest BCUT2D eigenvalue weighted by Gasteiger charge is -2.37. The third-order valence-electron chi connectivity index (χ3n) is 4.86. The molecule has 0 aliphatic carbocycles. The van der Waals surface area contributed by atoms with Crippen molar-refractivity contribution in [1.82, 2.24) is 0 Å². The highest BCUT2D eigenvalue weighted by Gasteiger charge is 2.26. The van der Waals surface area contributed by atoms with Crippen LogP contribution in [0.15, 0.2) is 47.2 Å². The lowest BCUT2D eigenvalue weighted by Crippen LogP contribution is -2.38. The summed E-state index contributed by atoms with van der Waals surface area (Å²) in [5.41, 5.74) is 2.93. The van der Waals surface area contributed by atoms with Gasteiger partial charge < -0.3 is 4.90 Å². The molecule has 1 aromatic heterocycles. The maximum Gasteiger partial charge on any atom is 0.0474 e. The third kappa shape index (κ3) is 3.68. The average molecular weight is 299 g/mol. The van der Waals surface area contributed by atoms with Crippen LogP contribution in [0.4, 0.5) is 5.69 Å². The standard InChI is InChI=1S/C19H25NS/c1-2-17(13-16-7-4-3-5-8-16)18-9-6-11-20(14-18)19-10-12-21-15-19/h3-5,7-8,10,12,15,17-18H,2,6,9,11,13-14H2,1H3. The van der Waals surface area contributed by atoms with E-state index >= 15 is 0 Å². The van der Waals surface area contributed by atoms with Gasteiger partial charge in [-0.1, -0.05) is 43.7 Å². The molecule has 21 heavy (non-hydrogen) atoms. The summed E-state index contributed by atoms with van der Waals surface area (Å²) in [6.07, 6.45) is 5.26. The first kappa shape index (κ1) is 14.6. The number of rotatable bonds is 5. The zero-order valence-electron chi connectivity index (χ0n) is 12.9. The monoisotopic (exact) mass is 299 g/mol. The van der Waals surface area contributed by atoms with Crippen molar-refractivity contribution in [1.29, 1.82) is 0 Å². The number of benzene rings is 1. The van der Waals surface area contributed by atoms with Crippen molar-refractivity contribution >= 4 is 17.0 Å². The van der Waals surface area contributed by atoms with Crippen molar-refractivity contribution in [2.24, 2.45) is 11.8 Å². The van der Waals surface area contributed by atoms with Crippen molar-refractivity contribution in [3.63, 3.8) is 0 Å². The largest absolute Gasteiger partial charge is 0.371 e. The molecular formula is C19H25NS. The summed E-state index contributed by atoms with van der Waals surface area (Å²) in [7, 11) is 0. The summed E-state index contributed by atoms with van der Waals surface area (Å²) >= 11 is 1.81. The van der Waals surface area contributed by atoms with E-state index in [0.29, 0.717) is 0 Å². The van der Waals surface area contributed by atoms with E-state index in [1.165, 1.54) is 50.0 Å². The maximum absolute atomic E-state index is 2.60. The summed E-state index contributed by atoms with van der Waals surface area (Å²) in [5.74, 6) is 1.65. The highest BCUT2D eigenvalue weighted by atomic mass is 32.1. The summed E-state index contributed by atoms with van der Waals surface area (Å²) < 4.78 is 0. The number of hydrogen-bond acceptors (Lipinski definition) is 2. The van der Waals surface area contributed by atoms with Crippen molar-refractivity contribution in [3.8, 4) is 0 Å². The molecule has 0 amide bonds. The Balaban J connectivity index is 1.66. The van der Waals surface area contributed by atoms with Gasteiger partial charge in [-0.15, -0.1) is 0 Å². The average Bonchev–Trinajstić information content (AvgIpc) is 3.08. The highest BCUT2D eigenvalue weighted by molar-refractivity contribution is 7.08. The van der Waals surface area contributed by atoms with Crippen molar-refractivity contribution in [2.45, 2.75) is 32.6 Å². The maximum atomic E-state index is 2.60. The Morgan fingerprint density at radius 1 is 1.24 bits per heavy atom. The van der Waals surface area contributed by atoms with Gasteiger partial charge >= 0.3 is 0 Å². The van der Waals surface area contributed by atoms with E-state index in [9.17, 15) is 0 Å². The highest BCUT2D eigenvalue weighted by Crippen LogP contribution is 2.32. The predicted octanol–water partition coefficient (Wildman–Crippen LogP) is 5.23. The molecule has 0 N–H and O–H groups in total. The van der Waals surface area contributed by atoms with Gasteiger partial charge in [0.05, 0.1) is 0 Å². The number of anilines is 1. The van der Waals surface area contributed by atoms with Crippen LogP contribution in [0.2, 0.25) is 0 Å². The number of hydrogen-bond donors (Lipinski definition) is 0. The van der Waals surface area contributed by atoms with Crippen LogP contribution in [0.3, 0.4) is 0 Å². The molecule has 0 bridgehead atoms. The molecule has 0 saturated carbocycles. The molecule has 2 heteroatoms. The molecule has 1 aromatic carbocycles. The first-order valence-electron chi connectivity index (χ1n) is 8.18. The molecule has 2 unspecified atom stereocenters. The molecule has 1 aliphatic rings. The van der Waals surface area contributed by atoms with E-state index in [1.54, 1.807) is 0 Å². The molecule has 2 atom stereocenters. The van der Waals surface area contributed by atoms with E-state index in [4.69, 9.17) is 0 Å². The van der Waals surface area contributed by atoms with E-state index in [0.717, 1.165) is 11.8 Å². The van der Waals surface area contributed by atoms with Gasteiger partial charge in [0.15, 0.2) is 0 Å². The molecule has 0 spiro atoms. The second-order valence-electron chi connectivity index (χ2n) is 6.19. The van der Waals surface area contributed by atoms with Crippen LogP contribution in [-0.2, 0) is 6.42 Å². The van der Waals surface area contributed by atoms with Crippen LogP contribution < -0.4 is 4.90 Å². The summed E-state index contributed by atoms with van der Waals surface area (Å²) in [6.45, 7) is 4.83. The van der Waals surface area contributed by atoms with Gasteiger partial charge in [-0.2, -0.15) is 11.3 Å². The molecule has 3 rings (SSSR count). The lowest BCUT2D eigenvalue weighted by molar-refractivity contribution is 0.275. The van der Waals surface area contributed by atoms with Crippen LogP contribution in [0.25, 0.3) is 0 Å². The van der Waals surface area contributed by atoms with E-state index in [-0.39, 0.29) is 0 Å². The lowest BCUT2D eigenvalue weighted by atomic mass is 9.80. The van der Waals surface area contributed by atoms with Crippen LogP contribution in [-0.4, -0.2) is 13.1 Å². The SMILES string of the molecule is CCC(Cc1ccccc1)C1CCCN(c2ccsc2)C1. The van der Waals surface area contributed by atoms with Crippen LogP contribution in [0, 0.1) is 11.8 Å². The molecule has 1 aliphatic heterocycles. The summed E-state index contributed by atoms with van der Waals surface area (Å²) in [4.78, 5) is 2.60. The number of piperidine rings is 1. The van der Waals surface area contributed by atoms with E-state index in [1.807, 2.05) is 11.3 Å². The Labute approximate surface area is 132 Å². The van der Waals surface area contributed by atoms with E-state index < -0.39 is 0 Å². The Bertz CT molecular complexity index is 520. The van der Waals surface area contributed by atoms with Crippen LogP contribution >= 0.6 is 11.3 Å².